The lowest BCUT2D eigenvalue weighted by molar-refractivity contribution is 0.280. The molecule has 2 aromatic rings. The van der Waals surface area contributed by atoms with Gasteiger partial charge in [-0.2, -0.15) is 0 Å². The first-order valence-electron chi connectivity index (χ1n) is 10.5. The van der Waals surface area contributed by atoms with Crippen molar-refractivity contribution in [3.63, 3.8) is 0 Å². The van der Waals surface area contributed by atoms with Crippen LogP contribution < -0.4 is 0 Å². The van der Waals surface area contributed by atoms with Gasteiger partial charge in [0.1, 0.15) is 30.7 Å². The molecule has 0 aromatic heterocycles. The van der Waals surface area contributed by atoms with E-state index >= 15 is 0 Å². The van der Waals surface area contributed by atoms with Gasteiger partial charge in [0, 0.05) is 0 Å². The molecule has 5 rings (SSSR count). The maximum atomic E-state index is 6.11. The molecule has 1 fully saturated rings. The number of benzene rings is 2. The lowest BCUT2D eigenvalue weighted by atomic mass is 10.0. The first-order chi connectivity index (χ1) is 13.9. The number of nitrogens with zero attached hydrogens (tertiary/aromatic N) is 2. The summed E-state index contributed by atoms with van der Waals surface area (Å²) >= 11 is 0. The van der Waals surface area contributed by atoms with E-state index in [0.29, 0.717) is 13.2 Å². The van der Waals surface area contributed by atoms with Crippen molar-refractivity contribution in [1.29, 1.82) is 0 Å². The molecule has 1 aliphatic carbocycles. The van der Waals surface area contributed by atoms with Gasteiger partial charge in [0.15, 0.2) is 11.8 Å². The molecule has 0 radical (unpaired) electrons. The van der Waals surface area contributed by atoms with Crippen molar-refractivity contribution in [1.82, 2.24) is 0 Å². The quantitative estimate of drug-likeness (QED) is 0.709. The third kappa shape index (κ3) is 3.35. The molecule has 0 unspecified atom stereocenters. The summed E-state index contributed by atoms with van der Waals surface area (Å²) in [7, 11) is 0. The van der Waals surface area contributed by atoms with Gasteiger partial charge in [-0.1, -0.05) is 58.7 Å². The van der Waals surface area contributed by atoms with Crippen LogP contribution in [0.4, 0.5) is 0 Å². The predicted octanol–water partition coefficient (Wildman–Crippen LogP) is 5.34. The summed E-state index contributed by atoms with van der Waals surface area (Å²) in [5.41, 5.74) is 7.30. The van der Waals surface area contributed by atoms with Crippen molar-refractivity contribution in [2.45, 2.75) is 52.6 Å². The van der Waals surface area contributed by atoms with E-state index in [1.165, 1.54) is 33.4 Å². The number of hydrogen-bond donors (Lipinski definition) is 0. The van der Waals surface area contributed by atoms with Gasteiger partial charge in [0.25, 0.3) is 0 Å². The van der Waals surface area contributed by atoms with E-state index in [4.69, 9.17) is 19.5 Å². The van der Waals surface area contributed by atoms with Gasteiger partial charge in [0.2, 0.25) is 0 Å². The Balaban J connectivity index is 1.40. The van der Waals surface area contributed by atoms with Crippen molar-refractivity contribution < 1.29 is 9.47 Å². The summed E-state index contributed by atoms with van der Waals surface area (Å²) in [4.78, 5) is 9.96. The van der Waals surface area contributed by atoms with Gasteiger partial charge < -0.3 is 9.47 Å². The second-order valence-electron chi connectivity index (χ2n) is 8.95. The van der Waals surface area contributed by atoms with E-state index in [1.807, 2.05) is 0 Å². The van der Waals surface area contributed by atoms with Crippen molar-refractivity contribution in [2.75, 3.05) is 13.2 Å². The van der Waals surface area contributed by atoms with Crippen LogP contribution >= 0.6 is 0 Å². The summed E-state index contributed by atoms with van der Waals surface area (Å²) < 4.78 is 12.2. The second-order valence-corrected chi connectivity index (χ2v) is 8.95. The van der Waals surface area contributed by atoms with Crippen LogP contribution in [0.2, 0.25) is 0 Å². The number of hydrogen-bond acceptors (Lipinski definition) is 4. The van der Waals surface area contributed by atoms with Crippen molar-refractivity contribution in [2.24, 2.45) is 15.4 Å². The molecule has 4 heteroatoms. The van der Waals surface area contributed by atoms with Gasteiger partial charge >= 0.3 is 0 Å². The highest BCUT2D eigenvalue weighted by Gasteiger charge is 2.58. The van der Waals surface area contributed by atoms with Crippen LogP contribution in [0.15, 0.2) is 46.4 Å². The summed E-state index contributed by atoms with van der Waals surface area (Å²) in [5.74, 6) is 1.64. The van der Waals surface area contributed by atoms with E-state index in [-0.39, 0.29) is 17.5 Å². The molecular formula is C25H28N2O2. The fraction of sp³-hybridized carbons (Fsp3) is 0.440. The lowest BCUT2D eigenvalue weighted by Crippen LogP contribution is -2.26. The predicted molar refractivity (Wildman–Crippen MR) is 116 cm³/mol. The molecule has 2 atom stereocenters. The number of ether oxygens (including phenoxy) is 2. The highest BCUT2D eigenvalue weighted by molar-refractivity contribution is 6.09. The van der Waals surface area contributed by atoms with Crippen molar-refractivity contribution in [3.05, 3.63) is 69.8 Å². The zero-order valence-electron chi connectivity index (χ0n) is 17.7. The van der Waals surface area contributed by atoms with Gasteiger partial charge in [-0.25, -0.2) is 9.98 Å². The zero-order valence-corrected chi connectivity index (χ0v) is 17.7. The summed E-state index contributed by atoms with van der Waals surface area (Å²) in [6.45, 7) is 9.74. The molecule has 3 aliphatic rings. The minimum atomic E-state index is -0.235. The van der Waals surface area contributed by atoms with Crippen LogP contribution in [0.25, 0.3) is 0 Å². The number of aliphatic imine (C=N–C) groups is 2. The largest absolute Gasteiger partial charge is 0.478 e. The Morgan fingerprint density at radius 3 is 1.38 bits per heavy atom. The second kappa shape index (κ2) is 6.72. The Morgan fingerprint density at radius 1 is 0.655 bits per heavy atom. The monoisotopic (exact) mass is 388 g/mol. The fourth-order valence-corrected chi connectivity index (χ4v) is 4.66. The molecule has 2 heterocycles. The van der Waals surface area contributed by atoms with Crippen molar-refractivity contribution in [3.8, 4) is 0 Å². The van der Waals surface area contributed by atoms with E-state index < -0.39 is 0 Å². The van der Waals surface area contributed by atoms with Crippen LogP contribution in [0.1, 0.15) is 58.3 Å². The molecule has 29 heavy (non-hydrogen) atoms. The summed E-state index contributed by atoms with van der Waals surface area (Å²) in [5, 5.41) is 0. The van der Waals surface area contributed by atoms with Crippen LogP contribution in [0.5, 0.6) is 0 Å². The van der Waals surface area contributed by atoms with E-state index in [0.717, 1.165) is 24.6 Å². The molecule has 4 nitrogen and oxygen atoms in total. The third-order valence-corrected chi connectivity index (χ3v) is 6.13. The Morgan fingerprint density at radius 2 is 1.03 bits per heavy atom. The molecule has 0 amide bonds. The highest BCUT2D eigenvalue weighted by Crippen LogP contribution is 2.52. The standard InChI is InChI=1S/C25H28N2O2/c1-15-7-16(2)10-19(9-15)21-13-28-23(26-21)25(5-6-25)24-27-22(14-29-24)20-11-17(3)8-18(4)12-20/h7-12,21-22H,5-6,13-14H2,1-4H3/t21-,22-/m1/s1. The van der Waals surface area contributed by atoms with E-state index in [9.17, 15) is 0 Å². The molecule has 150 valence electrons. The SMILES string of the molecule is Cc1cc(C)cc([C@H]2COC(C3(C4=N[C@@H](c5cc(C)cc(C)c5)CO4)CC3)=N2)c1. The molecule has 2 aliphatic heterocycles. The molecular weight excluding hydrogens is 360 g/mol. The average Bonchev–Trinajstić information content (AvgIpc) is 3.10. The lowest BCUT2D eigenvalue weighted by Gasteiger charge is -2.13. The summed E-state index contributed by atoms with van der Waals surface area (Å²) in [6, 6.07) is 13.4. The first-order valence-corrected chi connectivity index (χ1v) is 10.5. The third-order valence-electron chi connectivity index (χ3n) is 6.13. The van der Waals surface area contributed by atoms with Crippen molar-refractivity contribution >= 4 is 11.8 Å². The van der Waals surface area contributed by atoms with Crippen LogP contribution in [-0.2, 0) is 9.47 Å². The van der Waals surface area contributed by atoms with Gasteiger partial charge in [0.05, 0.1) is 0 Å². The molecule has 0 spiro atoms. The number of aryl methyl sites for hydroxylation is 4. The molecule has 0 bridgehead atoms. The molecule has 0 N–H and O–H groups in total. The molecule has 2 aromatic carbocycles. The molecule has 1 saturated carbocycles. The van der Waals surface area contributed by atoms with Crippen LogP contribution in [0, 0.1) is 33.1 Å². The molecule has 0 saturated heterocycles. The van der Waals surface area contributed by atoms with Gasteiger partial charge in [-0.05, 0) is 51.7 Å². The average molecular weight is 389 g/mol. The topological polar surface area (TPSA) is 43.2 Å². The summed E-state index contributed by atoms with van der Waals surface area (Å²) in [6.07, 6.45) is 2.01. The number of rotatable bonds is 4. The van der Waals surface area contributed by atoms with Gasteiger partial charge in [-0.15, -0.1) is 0 Å². The minimum Gasteiger partial charge on any atom is -0.478 e. The maximum Gasteiger partial charge on any atom is 0.200 e. The van der Waals surface area contributed by atoms with Gasteiger partial charge in [-0.3, -0.25) is 0 Å². The van der Waals surface area contributed by atoms with E-state index in [2.05, 4.69) is 64.1 Å². The zero-order chi connectivity index (χ0) is 20.2. The Bertz CT molecular complexity index is 913. The maximum absolute atomic E-state index is 6.11. The Kier molecular flexibility index (Phi) is 4.27. The first kappa shape index (κ1) is 18.4. The Labute approximate surface area is 172 Å². The van der Waals surface area contributed by atoms with Crippen LogP contribution in [0.3, 0.4) is 0 Å². The normalized spacial score (nSPS) is 24.6. The smallest absolute Gasteiger partial charge is 0.200 e. The Hall–Kier alpha value is -2.62. The fourth-order valence-electron chi connectivity index (χ4n) is 4.66. The van der Waals surface area contributed by atoms with E-state index in [1.54, 1.807) is 0 Å². The highest BCUT2D eigenvalue weighted by atomic mass is 16.5. The minimum absolute atomic E-state index is 0.0679. The van der Waals surface area contributed by atoms with Crippen LogP contribution in [-0.4, -0.2) is 25.0 Å².